The number of hydrogen-bond donors (Lipinski definition) is 1. The van der Waals surface area contributed by atoms with Gasteiger partial charge in [-0.1, -0.05) is 0 Å². The molecule has 1 N–H and O–H groups in total. The van der Waals surface area contributed by atoms with Gasteiger partial charge in [0.25, 0.3) is 0 Å². The van der Waals surface area contributed by atoms with Crippen molar-refractivity contribution >= 4 is 15.8 Å². The van der Waals surface area contributed by atoms with Gasteiger partial charge in [0.2, 0.25) is 0 Å². The van der Waals surface area contributed by atoms with E-state index in [1.165, 1.54) is 24.4 Å². The second kappa shape index (κ2) is 7.76. The topological polar surface area (TPSA) is 103 Å². The number of rotatable bonds is 4. The van der Waals surface area contributed by atoms with Crippen LogP contribution in [0.1, 0.15) is 33.6 Å². The second-order valence-corrected chi connectivity index (χ2v) is 10.3. The number of phenols is 1. The van der Waals surface area contributed by atoms with Gasteiger partial charge in [-0.3, -0.25) is 9.78 Å². The number of aromatic nitrogens is 1. The van der Waals surface area contributed by atoms with Crippen LogP contribution in [-0.4, -0.2) is 48.0 Å². The number of ether oxygens (including phenoxy) is 2. The van der Waals surface area contributed by atoms with E-state index in [1.54, 1.807) is 39.0 Å². The van der Waals surface area contributed by atoms with Gasteiger partial charge in [-0.25, -0.2) is 8.42 Å². The average Bonchev–Trinajstić information content (AvgIpc) is 2.68. The summed E-state index contributed by atoms with van der Waals surface area (Å²) in [5.41, 5.74) is 0.487. The van der Waals surface area contributed by atoms with E-state index in [0.717, 1.165) is 5.56 Å². The molecule has 1 aromatic heterocycles. The largest absolute Gasteiger partial charge is 0.508 e. The smallest absolute Gasteiger partial charge is 0.328 e. The van der Waals surface area contributed by atoms with Gasteiger partial charge in [-0.05, 0) is 57.2 Å². The normalized spacial score (nSPS) is 16.9. The van der Waals surface area contributed by atoms with E-state index in [9.17, 15) is 18.3 Å². The standard InChI is InChI=1S/C21H25NO6S/c1-20(2,3)28-19(24)21(10-12-27-13-11-21)29(25,26)17-8-9-18(22-14-17)15-4-6-16(23)7-5-15/h4-9,14,23H,10-13H2,1-3H3. The van der Waals surface area contributed by atoms with E-state index in [1.807, 2.05) is 0 Å². The minimum atomic E-state index is -4.06. The number of benzene rings is 1. The summed E-state index contributed by atoms with van der Waals surface area (Å²) in [4.78, 5) is 17.2. The summed E-state index contributed by atoms with van der Waals surface area (Å²) in [7, 11) is -4.06. The molecule has 1 fully saturated rings. The molecule has 1 saturated heterocycles. The van der Waals surface area contributed by atoms with Crippen molar-refractivity contribution in [2.24, 2.45) is 0 Å². The number of nitrogens with zero attached hydrogens (tertiary/aromatic N) is 1. The molecule has 1 aliphatic rings. The van der Waals surface area contributed by atoms with Gasteiger partial charge in [-0.15, -0.1) is 0 Å². The third-order valence-corrected chi connectivity index (χ3v) is 7.26. The van der Waals surface area contributed by atoms with Crippen molar-refractivity contribution in [2.75, 3.05) is 13.2 Å². The summed E-state index contributed by atoms with van der Waals surface area (Å²) < 4.78 is 36.1. The number of aromatic hydroxyl groups is 1. The number of phenolic OH excluding ortho intramolecular Hbond substituents is 1. The lowest BCUT2D eigenvalue weighted by molar-refractivity contribution is -0.160. The molecule has 0 radical (unpaired) electrons. The second-order valence-electron chi connectivity index (χ2n) is 8.04. The molecule has 0 spiro atoms. The minimum absolute atomic E-state index is 0.0317. The van der Waals surface area contributed by atoms with E-state index in [4.69, 9.17) is 9.47 Å². The lowest BCUT2D eigenvalue weighted by Crippen LogP contribution is -2.53. The monoisotopic (exact) mass is 419 g/mol. The molecule has 2 aromatic rings. The summed E-state index contributed by atoms with van der Waals surface area (Å²) in [6.45, 7) is 5.45. The lowest BCUT2D eigenvalue weighted by atomic mass is 9.99. The van der Waals surface area contributed by atoms with Gasteiger partial charge < -0.3 is 14.6 Å². The fourth-order valence-corrected chi connectivity index (χ4v) is 5.08. The number of carbonyl (C=O) groups is 1. The highest BCUT2D eigenvalue weighted by molar-refractivity contribution is 7.93. The van der Waals surface area contributed by atoms with Gasteiger partial charge in [-0.2, -0.15) is 0 Å². The molecule has 0 saturated carbocycles. The lowest BCUT2D eigenvalue weighted by Gasteiger charge is -2.36. The summed E-state index contributed by atoms with van der Waals surface area (Å²) >= 11 is 0. The van der Waals surface area contributed by atoms with E-state index in [-0.39, 0.29) is 36.7 Å². The number of pyridine rings is 1. The first-order chi connectivity index (χ1) is 13.6. The van der Waals surface area contributed by atoms with Gasteiger partial charge in [0.05, 0.1) is 10.6 Å². The Bertz CT molecular complexity index is 969. The third kappa shape index (κ3) is 4.28. The molecule has 0 bridgehead atoms. The minimum Gasteiger partial charge on any atom is -0.508 e. The van der Waals surface area contributed by atoms with Crippen LogP contribution in [0.5, 0.6) is 5.75 Å². The Hall–Kier alpha value is -2.45. The zero-order valence-electron chi connectivity index (χ0n) is 16.7. The van der Waals surface area contributed by atoms with E-state index < -0.39 is 26.2 Å². The Morgan fingerprint density at radius 1 is 1.10 bits per heavy atom. The highest BCUT2D eigenvalue weighted by Crippen LogP contribution is 2.37. The molecule has 7 nitrogen and oxygen atoms in total. The first-order valence-electron chi connectivity index (χ1n) is 9.36. The van der Waals surface area contributed by atoms with Crippen molar-refractivity contribution < 1.29 is 27.8 Å². The highest BCUT2D eigenvalue weighted by Gasteiger charge is 2.54. The van der Waals surface area contributed by atoms with Gasteiger partial charge in [0.1, 0.15) is 11.4 Å². The van der Waals surface area contributed by atoms with Gasteiger partial charge in [0.15, 0.2) is 14.6 Å². The van der Waals surface area contributed by atoms with Crippen LogP contribution in [0.2, 0.25) is 0 Å². The van der Waals surface area contributed by atoms with Crippen LogP contribution < -0.4 is 0 Å². The van der Waals surface area contributed by atoms with Crippen molar-refractivity contribution in [2.45, 2.75) is 48.9 Å². The quantitative estimate of drug-likeness (QED) is 0.760. The maximum absolute atomic E-state index is 13.5. The molecule has 0 unspecified atom stereocenters. The zero-order valence-corrected chi connectivity index (χ0v) is 17.5. The van der Waals surface area contributed by atoms with Crippen molar-refractivity contribution in [3.63, 3.8) is 0 Å². The van der Waals surface area contributed by atoms with Crippen LogP contribution in [0.15, 0.2) is 47.5 Å². The maximum Gasteiger partial charge on any atom is 0.328 e. The molecule has 3 rings (SSSR count). The first kappa shape index (κ1) is 21.3. The number of sulfone groups is 1. The van der Waals surface area contributed by atoms with Crippen LogP contribution in [0.3, 0.4) is 0 Å². The SMILES string of the molecule is CC(C)(C)OC(=O)C1(S(=O)(=O)c2ccc(-c3ccc(O)cc3)nc2)CCOCC1. The van der Waals surface area contributed by atoms with E-state index in [0.29, 0.717) is 5.69 Å². The molecule has 8 heteroatoms. The number of esters is 1. The zero-order chi connectivity index (χ0) is 21.3. The molecule has 0 aliphatic carbocycles. The molecule has 156 valence electrons. The third-order valence-electron chi connectivity index (χ3n) is 4.80. The van der Waals surface area contributed by atoms with E-state index in [2.05, 4.69) is 4.98 Å². The average molecular weight is 419 g/mol. The molecule has 29 heavy (non-hydrogen) atoms. The molecular formula is C21H25NO6S. The first-order valence-corrected chi connectivity index (χ1v) is 10.8. The Labute approximate surface area is 170 Å². The van der Waals surface area contributed by atoms with Crippen molar-refractivity contribution in [3.8, 4) is 17.0 Å². The number of hydrogen-bond acceptors (Lipinski definition) is 7. The maximum atomic E-state index is 13.5. The van der Waals surface area contributed by atoms with Crippen LogP contribution in [0.4, 0.5) is 0 Å². The Balaban J connectivity index is 1.98. The van der Waals surface area contributed by atoms with Crippen LogP contribution in [0, 0.1) is 0 Å². The molecule has 2 heterocycles. The van der Waals surface area contributed by atoms with E-state index >= 15 is 0 Å². The summed E-state index contributed by atoms with van der Waals surface area (Å²) in [5.74, 6) is -0.623. The Morgan fingerprint density at radius 3 is 2.24 bits per heavy atom. The van der Waals surface area contributed by atoms with Crippen LogP contribution >= 0.6 is 0 Å². The Morgan fingerprint density at radius 2 is 1.72 bits per heavy atom. The molecule has 0 atom stereocenters. The fourth-order valence-electron chi connectivity index (χ4n) is 3.22. The van der Waals surface area contributed by atoms with Crippen molar-refractivity contribution in [3.05, 3.63) is 42.6 Å². The predicted octanol–water partition coefficient (Wildman–Crippen LogP) is 3.12. The van der Waals surface area contributed by atoms with Gasteiger partial charge >= 0.3 is 5.97 Å². The molecule has 0 amide bonds. The molecule has 1 aromatic carbocycles. The highest BCUT2D eigenvalue weighted by atomic mass is 32.2. The fraction of sp³-hybridized carbons (Fsp3) is 0.429. The Kier molecular flexibility index (Phi) is 5.69. The summed E-state index contributed by atoms with van der Waals surface area (Å²) in [5, 5.41) is 9.41. The number of carbonyl (C=O) groups excluding carboxylic acids is 1. The van der Waals surface area contributed by atoms with Gasteiger partial charge in [0, 0.05) is 37.8 Å². The molecule has 1 aliphatic heterocycles. The summed E-state index contributed by atoms with van der Waals surface area (Å²) in [6.07, 6.45) is 1.33. The van der Waals surface area contributed by atoms with Crippen LogP contribution in [-0.2, 0) is 24.1 Å². The van der Waals surface area contributed by atoms with Crippen molar-refractivity contribution in [1.29, 1.82) is 0 Å². The van der Waals surface area contributed by atoms with Crippen molar-refractivity contribution in [1.82, 2.24) is 4.98 Å². The molecular weight excluding hydrogens is 394 g/mol. The van der Waals surface area contributed by atoms with Crippen LogP contribution in [0.25, 0.3) is 11.3 Å². The predicted molar refractivity (Wildman–Crippen MR) is 107 cm³/mol. The summed E-state index contributed by atoms with van der Waals surface area (Å²) in [6, 6.07) is 9.47.